The molecule has 1 amide bonds. The number of benzene rings is 1. The standard InChI is InChI=1S/C32H36N2O4/c1-18-8-7-9-23-15-19(2)21(4)29-26(16-22-17-33-25-11-6-5-10-24(22)25)34-31(38)32(23,29)28(36)13-12-27(35)30(37)20(3)14-18/h5-7,9-11,14-15,17-18,21,23,26,29,33H,8,12-13,16H2,1-4H3,(H,34,38)/b9-7+,20-14+/t18-,21+,23-,26-,29-,32+/m0/s1. The van der Waals surface area contributed by atoms with E-state index in [9.17, 15) is 19.2 Å². The fourth-order valence-corrected chi connectivity index (χ4v) is 7.01. The Labute approximate surface area is 223 Å². The van der Waals surface area contributed by atoms with Gasteiger partial charge in [0.05, 0.1) is 0 Å². The maximum Gasteiger partial charge on any atom is 0.235 e. The molecule has 1 spiro atoms. The third-order valence-electron chi connectivity index (χ3n) is 9.03. The molecule has 2 aliphatic carbocycles. The van der Waals surface area contributed by atoms with E-state index in [2.05, 4.69) is 36.3 Å². The zero-order valence-electron chi connectivity index (χ0n) is 22.5. The van der Waals surface area contributed by atoms with E-state index in [4.69, 9.17) is 0 Å². The molecular formula is C32H36N2O4. The van der Waals surface area contributed by atoms with Crippen molar-refractivity contribution < 1.29 is 19.2 Å². The summed E-state index contributed by atoms with van der Waals surface area (Å²) in [6.07, 6.45) is 10.9. The van der Waals surface area contributed by atoms with Crippen molar-refractivity contribution in [2.45, 2.75) is 59.4 Å². The number of allylic oxidation sites excluding steroid dienone is 6. The summed E-state index contributed by atoms with van der Waals surface area (Å²) in [5, 5.41) is 4.34. The summed E-state index contributed by atoms with van der Waals surface area (Å²) in [4.78, 5) is 56.9. The van der Waals surface area contributed by atoms with Crippen LogP contribution >= 0.6 is 0 Å². The number of hydrogen-bond donors (Lipinski definition) is 2. The second-order valence-electron chi connectivity index (χ2n) is 11.4. The molecule has 1 aromatic heterocycles. The Morgan fingerprint density at radius 3 is 2.55 bits per heavy atom. The van der Waals surface area contributed by atoms with Crippen molar-refractivity contribution in [3.8, 4) is 0 Å². The van der Waals surface area contributed by atoms with Crippen LogP contribution < -0.4 is 5.32 Å². The second-order valence-corrected chi connectivity index (χ2v) is 11.4. The normalized spacial score (nSPS) is 34.7. The maximum atomic E-state index is 14.2. The molecule has 5 rings (SSSR count). The fraction of sp³-hybridized carbons (Fsp3) is 0.438. The summed E-state index contributed by atoms with van der Waals surface area (Å²) in [5.74, 6) is -2.27. The molecule has 6 atom stereocenters. The van der Waals surface area contributed by atoms with Gasteiger partial charge in [0, 0.05) is 47.8 Å². The second kappa shape index (κ2) is 9.97. The topological polar surface area (TPSA) is 96.1 Å². The molecule has 1 fully saturated rings. The highest BCUT2D eigenvalue weighted by Crippen LogP contribution is 2.55. The zero-order chi connectivity index (χ0) is 27.2. The summed E-state index contributed by atoms with van der Waals surface area (Å²) in [5.41, 5.74) is 2.40. The highest BCUT2D eigenvalue weighted by molar-refractivity contribution is 6.43. The van der Waals surface area contributed by atoms with Gasteiger partial charge >= 0.3 is 0 Å². The molecule has 6 heteroatoms. The van der Waals surface area contributed by atoms with Gasteiger partial charge in [-0.15, -0.1) is 0 Å². The van der Waals surface area contributed by atoms with Gasteiger partial charge in [-0.3, -0.25) is 19.2 Å². The molecule has 6 nitrogen and oxygen atoms in total. The molecule has 1 aromatic carbocycles. The average molecular weight is 513 g/mol. The molecule has 38 heavy (non-hydrogen) atoms. The fourth-order valence-electron chi connectivity index (χ4n) is 7.01. The van der Waals surface area contributed by atoms with E-state index in [-0.39, 0.29) is 48.3 Å². The number of rotatable bonds is 2. The number of nitrogens with one attached hydrogen (secondary N) is 2. The van der Waals surface area contributed by atoms with Crippen molar-refractivity contribution in [3.05, 3.63) is 71.5 Å². The lowest BCUT2D eigenvalue weighted by Gasteiger charge is -2.44. The summed E-state index contributed by atoms with van der Waals surface area (Å²) < 4.78 is 0. The predicted octanol–water partition coefficient (Wildman–Crippen LogP) is 5.05. The molecule has 0 unspecified atom stereocenters. The summed E-state index contributed by atoms with van der Waals surface area (Å²) in [7, 11) is 0. The third-order valence-corrected chi connectivity index (χ3v) is 9.03. The predicted molar refractivity (Wildman–Crippen MR) is 147 cm³/mol. The van der Waals surface area contributed by atoms with Gasteiger partial charge < -0.3 is 10.3 Å². The van der Waals surface area contributed by atoms with Crippen molar-refractivity contribution >= 4 is 34.2 Å². The molecule has 0 bridgehead atoms. The smallest absolute Gasteiger partial charge is 0.235 e. The van der Waals surface area contributed by atoms with Crippen LogP contribution in [0.1, 0.15) is 52.5 Å². The Morgan fingerprint density at radius 2 is 1.76 bits per heavy atom. The van der Waals surface area contributed by atoms with E-state index in [0.717, 1.165) is 22.0 Å². The number of para-hydroxylation sites is 1. The Kier molecular flexibility index (Phi) is 6.84. The maximum absolute atomic E-state index is 14.2. The molecule has 0 radical (unpaired) electrons. The van der Waals surface area contributed by atoms with Crippen molar-refractivity contribution in [1.82, 2.24) is 10.3 Å². The number of carbonyl (C=O) groups is 4. The van der Waals surface area contributed by atoms with Gasteiger partial charge in [0.15, 0.2) is 0 Å². The molecular weight excluding hydrogens is 476 g/mol. The van der Waals surface area contributed by atoms with Crippen LogP contribution in [0.15, 0.2) is 65.9 Å². The number of hydrogen-bond acceptors (Lipinski definition) is 4. The number of carbonyl (C=O) groups excluding carboxylic acids is 4. The lowest BCUT2D eigenvalue weighted by molar-refractivity contribution is -0.146. The highest BCUT2D eigenvalue weighted by atomic mass is 16.2. The minimum absolute atomic E-state index is 0.00592. The average Bonchev–Trinajstić information content (AvgIpc) is 3.43. The number of aromatic nitrogens is 1. The first kappa shape index (κ1) is 26.1. The van der Waals surface area contributed by atoms with Crippen LogP contribution in [0.3, 0.4) is 0 Å². The number of fused-ring (bicyclic) bond motifs is 1. The first-order valence-electron chi connectivity index (χ1n) is 13.6. The van der Waals surface area contributed by atoms with Crippen molar-refractivity contribution in [2.75, 3.05) is 0 Å². The van der Waals surface area contributed by atoms with Crippen LogP contribution in [0.2, 0.25) is 0 Å². The van der Waals surface area contributed by atoms with Crippen LogP contribution in [0.5, 0.6) is 0 Å². The molecule has 0 saturated carbocycles. The Morgan fingerprint density at radius 1 is 1.00 bits per heavy atom. The highest BCUT2D eigenvalue weighted by Gasteiger charge is 2.65. The Hall–Kier alpha value is -3.54. The van der Waals surface area contributed by atoms with Crippen LogP contribution in [0.25, 0.3) is 10.9 Å². The monoisotopic (exact) mass is 512 g/mol. The van der Waals surface area contributed by atoms with Crippen molar-refractivity contribution in [1.29, 1.82) is 0 Å². The minimum atomic E-state index is -1.31. The van der Waals surface area contributed by atoms with Crippen LogP contribution in [-0.4, -0.2) is 34.3 Å². The zero-order valence-corrected chi connectivity index (χ0v) is 22.5. The first-order valence-corrected chi connectivity index (χ1v) is 13.6. The molecule has 2 N–H and O–H groups in total. The van der Waals surface area contributed by atoms with Gasteiger partial charge in [0.2, 0.25) is 17.5 Å². The van der Waals surface area contributed by atoms with E-state index in [1.165, 1.54) is 0 Å². The number of amides is 1. The van der Waals surface area contributed by atoms with Crippen LogP contribution in [-0.2, 0) is 25.6 Å². The number of aromatic amines is 1. The van der Waals surface area contributed by atoms with Crippen molar-refractivity contribution in [3.63, 3.8) is 0 Å². The van der Waals surface area contributed by atoms with E-state index < -0.39 is 22.9 Å². The summed E-state index contributed by atoms with van der Waals surface area (Å²) in [6.45, 7) is 7.83. The Balaban J connectivity index is 1.58. The van der Waals surface area contributed by atoms with Gasteiger partial charge in [-0.25, -0.2) is 0 Å². The van der Waals surface area contributed by atoms with E-state index in [1.807, 2.05) is 49.5 Å². The molecule has 1 saturated heterocycles. The van der Waals surface area contributed by atoms with Crippen LogP contribution in [0, 0.1) is 29.1 Å². The lowest BCUT2D eigenvalue weighted by atomic mass is 9.54. The molecule has 3 aliphatic rings. The number of H-pyrrole nitrogens is 1. The summed E-state index contributed by atoms with van der Waals surface area (Å²) in [6, 6.07) is 7.84. The molecule has 198 valence electrons. The van der Waals surface area contributed by atoms with Gasteiger partial charge in [0.25, 0.3) is 0 Å². The molecule has 1 aliphatic heterocycles. The SMILES string of the molecule is CC1=C[C@@H]2/C=C/C[C@H](C)/C=C(\C)C(=O)C(=O)CCC(=O)[C@]23C(=O)N[C@@H](Cc2c[nH]c4ccccc24)[C@@H]3[C@@H]1C. The molecule has 2 heterocycles. The number of Topliss-reactive ketones (excluding diaryl/α,β-unsaturated/α-hetero) is 3. The van der Waals surface area contributed by atoms with Gasteiger partial charge in [0.1, 0.15) is 11.2 Å². The van der Waals surface area contributed by atoms with Gasteiger partial charge in [-0.05, 0) is 55.7 Å². The van der Waals surface area contributed by atoms with E-state index in [0.29, 0.717) is 18.4 Å². The largest absolute Gasteiger partial charge is 0.361 e. The van der Waals surface area contributed by atoms with Gasteiger partial charge in [-0.1, -0.05) is 61.9 Å². The van der Waals surface area contributed by atoms with Gasteiger partial charge in [-0.2, -0.15) is 0 Å². The number of ketones is 3. The van der Waals surface area contributed by atoms with E-state index >= 15 is 0 Å². The van der Waals surface area contributed by atoms with E-state index in [1.54, 1.807) is 6.92 Å². The first-order chi connectivity index (χ1) is 18.1. The quantitative estimate of drug-likeness (QED) is 0.334. The summed E-state index contributed by atoms with van der Waals surface area (Å²) >= 11 is 0. The van der Waals surface area contributed by atoms with Crippen molar-refractivity contribution in [2.24, 2.45) is 29.1 Å². The van der Waals surface area contributed by atoms with Crippen LogP contribution in [0.4, 0.5) is 0 Å². The minimum Gasteiger partial charge on any atom is -0.361 e. The molecule has 2 aromatic rings. The lowest BCUT2D eigenvalue weighted by Crippen LogP contribution is -2.52. The Bertz CT molecular complexity index is 1410. The third kappa shape index (κ3) is 4.20.